The predicted molar refractivity (Wildman–Crippen MR) is 104 cm³/mol. The van der Waals surface area contributed by atoms with Gasteiger partial charge in [-0.05, 0) is 44.1 Å². The van der Waals surface area contributed by atoms with E-state index >= 15 is 0 Å². The minimum absolute atomic E-state index is 0.0785. The van der Waals surface area contributed by atoms with Gasteiger partial charge in [0.25, 0.3) is 5.56 Å². The Morgan fingerprint density at radius 3 is 2.52 bits per heavy atom. The molecule has 140 valence electrons. The van der Waals surface area contributed by atoms with E-state index in [1.165, 1.54) is 23.9 Å². The fourth-order valence-electron chi connectivity index (χ4n) is 3.45. The van der Waals surface area contributed by atoms with Crippen LogP contribution in [0.5, 0.6) is 0 Å². The summed E-state index contributed by atoms with van der Waals surface area (Å²) in [4.78, 5) is 24.2. The number of fused-ring (bicyclic) bond motifs is 1. The van der Waals surface area contributed by atoms with Crippen molar-refractivity contribution in [2.75, 3.05) is 20.4 Å². The van der Waals surface area contributed by atoms with Gasteiger partial charge in [0.15, 0.2) is 5.16 Å². The van der Waals surface area contributed by atoms with Crippen molar-refractivity contribution in [3.63, 3.8) is 0 Å². The molecule has 6 nitrogen and oxygen atoms in total. The molecule has 0 bridgehead atoms. The van der Waals surface area contributed by atoms with Crippen molar-refractivity contribution in [3.05, 3.63) is 52.7 Å². The van der Waals surface area contributed by atoms with Gasteiger partial charge in [0.05, 0.1) is 30.0 Å². The summed E-state index contributed by atoms with van der Waals surface area (Å²) in [7, 11) is 4.03. The molecule has 0 aliphatic carbocycles. The standard InChI is InChI=1S/C19H20FN5OS/c1-23(2)14-10-24-17(15-8-9-21-19(22-15)27-3)16(18(26)25(24)11-14)12-4-6-13(20)7-5-12/h4-9,14H,10-11H2,1-3H3. The van der Waals surface area contributed by atoms with Gasteiger partial charge in [0, 0.05) is 12.2 Å². The Hall–Kier alpha value is -2.45. The molecule has 0 radical (unpaired) electrons. The van der Waals surface area contributed by atoms with Crippen LogP contribution in [0, 0.1) is 5.82 Å². The van der Waals surface area contributed by atoms with Crippen LogP contribution in [-0.4, -0.2) is 50.6 Å². The average Bonchev–Trinajstić information content (AvgIpc) is 3.21. The maximum atomic E-state index is 13.4. The van der Waals surface area contributed by atoms with Crippen molar-refractivity contribution in [1.29, 1.82) is 0 Å². The lowest BCUT2D eigenvalue weighted by Gasteiger charge is -2.17. The summed E-state index contributed by atoms with van der Waals surface area (Å²) < 4.78 is 17.2. The minimum atomic E-state index is -0.327. The summed E-state index contributed by atoms with van der Waals surface area (Å²) >= 11 is 1.45. The fraction of sp³-hybridized carbons (Fsp3) is 0.316. The van der Waals surface area contributed by atoms with E-state index in [2.05, 4.69) is 14.9 Å². The maximum absolute atomic E-state index is 13.4. The van der Waals surface area contributed by atoms with Gasteiger partial charge in [-0.3, -0.25) is 9.48 Å². The Labute approximate surface area is 160 Å². The number of thioether (sulfide) groups is 1. The predicted octanol–water partition coefficient (Wildman–Crippen LogP) is 2.58. The van der Waals surface area contributed by atoms with Crippen LogP contribution in [0.4, 0.5) is 4.39 Å². The van der Waals surface area contributed by atoms with Crippen molar-refractivity contribution in [1.82, 2.24) is 24.2 Å². The van der Waals surface area contributed by atoms with Gasteiger partial charge in [-0.2, -0.15) is 0 Å². The molecule has 4 rings (SSSR count). The second-order valence-electron chi connectivity index (χ2n) is 6.75. The largest absolute Gasteiger partial charge is 0.303 e. The molecule has 1 aliphatic heterocycles. The molecule has 2 aromatic heterocycles. The molecule has 3 heterocycles. The zero-order valence-electron chi connectivity index (χ0n) is 15.4. The number of nitrogens with zero attached hydrogens (tertiary/aromatic N) is 5. The number of halogens is 1. The van der Waals surface area contributed by atoms with Gasteiger partial charge in [-0.1, -0.05) is 23.9 Å². The van der Waals surface area contributed by atoms with Crippen molar-refractivity contribution in [3.8, 4) is 22.5 Å². The van der Waals surface area contributed by atoms with Crippen molar-refractivity contribution >= 4 is 11.8 Å². The van der Waals surface area contributed by atoms with Crippen LogP contribution in [0.2, 0.25) is 0 Å². The molecule has 1 aromatic carbocycles. The van der Waals surface area contributed by atoms with Gasteiger partial charge < -0.3 is 4.90 Å². The SMILES string of the molecule is CSc1nccc(-c2c(-c3ccc(F)cc3)c(=O)n3n2CC(N(C)C)C3)n1. The van der Waals surface area contributed by atoms with Crippen LogP contribution in [0.15, 0.2) is 46.5 Å². The van der Waals surface area contributed by atoms with Crippen molar-refractivity contribution in [2.45, 2.75) is 24.3 Å². The normalized spacial score (nSPS) is 16.1. The molecule has 0 fully saturated rings. The highest BCUT2D eigenvalue weighted by molar-refractivity contribution is 7.98. The number of likely N-dealkylation sites (N-methyl/N-ethyl adjacent to an activating group) is 1. The Morgan fingerprint density at radius 1 is 1.15 bits per heavy atom. The van der Waals surface area contributed by atoms with Crippen LogP contribution in [-0.2, 0) is 13.1 Å². The minimum Gasteiger partial charge on any atom is -0.303 e. The third-order valence-corrected chi connectivity index (χ3v) is 5.49. The highest BCUT2D eigenvalue weighted by atomic mass is 32.2. The smallest absolute Gasteiger partial charge is 0.275 e. The summed E-state index contributed by atoms with van der Waals surface area (Å²) in [5, 5.41) is 0.646. The van der Waals surface area contributed by atoms with Gasteiger partial charge >= 0.3 is 0 Å². The highest BCUT2D eigenvalue weighted by Crippen LogP contribution is 2.32. The van der Waals surface area contributed by atoms with Crippen LogP contribution in [0.3, 0.4) is 0 Å². The third kappa shape index (κ3) is 3.08. The Morgan fingerprint density at radius 2 is 1.85 bits per heavy atom. The van der Waals surface area contributed by atoms with Gasteiger partial charge in [-0.25, -0.2) is 19.0 Å². The van der Waals surface area contributed by atoms with Crippen LogP contribution in [0.25, 0.3) is 22.5 Å². The molecule has 0 saturated carbocycles. The zero-order chi connectivity index (χ0) is 19.1. The van der Waals surface area contributed by atoms with E-state index < -0.39 is 0 Å². The summed E-state index contributed by atoms with van der Waals surface area (Å²) in [6, 6.07) is 8.10. The molecule has 0 N–H and O–H groups in total. The Kier molecular flexibility index (Phi) is 4.61. The van der Waals surface area contributed by atoms with Gasteiger partial charge in [-0.15, -0.1) is 0 Å². The van der Waals surface area contributed by atoms with E-state index in [4.69, 9.17) is 0 Å². The molecule has 0 saturated heterocycles. The molecular formula is C19H20FN5OS. The number of aromatic nitrogens is 4. The summed E-state index contributed by atoms with van der Waals surface area (Å²) in [5.41, 5.74) is 2.62. The fourth-order valence-corrected chi connectivity index (χ4v) is 3.81. The molecule has 27 heavy (non-hydrogen) atoms. The maximum Gasteiger partial charge on any atom is 0.275 e. The lowest BCUT2D eigenvalue weighted by Crippen LogP contribution is -2.31. The number of hydrogen-bond donors (Lipinski definition) is 0. The van der Waals surface area contributed by atoms with Gasteiger partial charge in [0.2, 0.25) is 0 Å². The van der Waals surface area contributed by atoms with Gasteiger partial charge in [0.1, 0.15) is 5.82 Å². The first-order valence-corrected chi connectivity index (χ1v) is 9.85. The lowest BCUT2D eigenvalue weighted by molar-refractivity contribution is 0.283. The molecule has 1 atom stereocenters. The molecule has 1 unspecified atom stereocenters. The quantitative estimate of drug-likeness (QED) is 0.510. The van der Waals surface area contributed by atoms with E-state index in [-0.39, 0.29) is 17.4 Å². The lowest BCUT2D eigenvalue weighted by atomic mass is 10.0. The highest BCUT2D eigenvalue weighted by Gasteiger charge is 2.31. The number of benzene rings is 1. The second-order valence-corrected chi connectivity index (χ2v) is 7.52. The van der Waals surface area contributed by atoms with E-state index in [1.54, 1.807) is 23.0 Å². The monoisotopic (exact) mass is 385 g/mol. The molecule has 3 aromatic rings. The summed E-state index contributed by atoms with van der Waals surface area (Å²) in [6.07, 6.45) is 3.62. The first kappa shape index (κ1) is 17.9. The van der Waals surface area contributed by atoms with Crippen molar-refractivity contribution in [2.24, 2.45) is 0 Å². The van der Waals surface area contributed by atoms with Crippen molar-refractivity contribution < 1.29 is 4.39 Å². The molecule has 8 heteroatoms. The molecule has 0 spiro atoms. The van der Waals surface area contributed by atoms with E-state index in [0.29, 0.717) is 35.1 Å². The van der Waals surface area contributed by atoms with E-state index in [0.717, 1.165) is 5.69 Å². The molecular weight excluding hydrogens is 365 g/mol. The van der Waals surface area contributed by atoms with E-state index in [1.807, 2.05) is 31.1 Å². The third-order valence-electron chi connectivity index (χ3n) is 4.92. The van der Waals surface area contributed by atoms with Crippen LogP contribution >= 0.6 is 11.8 Å². The Bertz CT molecular complexity index is 1040. The summed E-state index contributed by atoms with van der Waals surface area (Å²) in [6.45, 7) is 1.30. The zero-order valence-corrected chi connectivity index (χ0v) is 16.2. The van der Waals surface area contributed by atoms with Crippen LogP contribution < -0.4 is 5.56 Å². The second kappa shape index (κ2) is 6.94. The number of hydrogen-bond acceptors (Lipinski definition) is 5. The average molecular weight is 385 g/mol. The molecule has 0 amide bonds. The Balaban J connectivity index is 1.96. The van der Waals surface area contributed by atoms with Crippen LogP contribution in [0.1, 0.15) is 0 Å². The van der Waals surface area contributed by atoms with E-state index in [9.17, 15) is 9.18 Å². The first-order valence-electron chi connectivity index (χ1n) is 8.63. The first-order chi connectivity index (χ1) is 13.0. The number of rotatable bonds is 4. The molecule has 1 aliphatic rings. The summed E-state index contributed by atoms with van der Waals surface area (Å²) in [5.74, 6) is -0.327. The topological polar surface area (TPSA) is 56.0 Å².